The van der Waals surface area contributed by atoms with Crippen LogP contribution in [-0.4, -0.2) is 31.7 Å². The van der Waals surface area contributed by atoms with Gasteiger partial charge in [0.15, 0.2) is 0 Å². The van der Waals surface area contributed by atoms with E-state index in [1.54, 1.807) is 12.1 Å². The SMILES string of the molecule is C=CCOC(=O)NC[C@@H](CNC(=O)c1ccccc1)C1CCCCC1. The van der Waals surface area contributed by atoms with Crippen molar-refractivity contribution in [2.24, 2.45) is 11.8 Å². The third-order valence-electron chi connectivity index (χ3n) is 4.72. The minimum atomic E-state index is -0.435. The number of amides is 2. The molecule has 25 heavy (non-hydrogen) atoms. The Kier molecular flexibility index (Phi) is 8.02. The Morgan fingerprint density at radius 1 is 1.12 bits per heavy atom. The van der Waals surface area contributed by atoms with Crippen LogP contribution in [0.4, 0.5) is 4.79 Å². The minimum Gasteiger partial charge on any atom is -0.445 e. The molecular formula is C20H28N2O3. The zero-order valence-electron chi connectivity index (χ0n) is 14.7. The van der Waals surface area contributed by atoms with Crippen LogP contribution in [0, 0.1) is 11.8 Å². The third kappa shape index (κ3) is 6.61. The van der Waals surface area contributed by atoms with Crippen molar-refractivity contribution in [3.05, 3.63) is 48.6 Å². The van der Waals surface area contributed by atoms with E-state index in [2.05, 4.69) is 17.2 Å². The highest BCUT2D eigenvalue weighted by Gasteiger charge is 2.25. The molecule has 2 rings (SSSR count). The van der Waals surface area contributed by atoms with Gasteiger partial charge in [-0.3, -0.25) is 4.79 Å². The summed E-state index contributed by atoms with van der Waals surface area (Å²) >= 11 is 0. The maximum Gasteiger partial charge on any atom is 0.407 e. The zero-order valence-corrected chi connectivity index (χ0v) is 14.7. The molecule has 1 aliphatic carbocycles. The second kappa shape index (κ2) is 10.5. The molecule has 1 atom stereocenters. The lowest BCUT2D eigenvalue weighted by molar-refractivity contribution is 0.0937. The first kappa shape index (κ1) is 19.0. The van der Waals surface area contributed by atoms with Crippen molar-refractivity contribution in [3.8, 4) is 0 Å². The van der Waals surface area contributed by atoms with Crippen LogP contribution in [-0.2, 0) is 4.74 Å². The maximum atomic E-state index is 12.3. The molecular weight excluding hydrogens is 316 g/mol. The minimum absolute atomic E-state index is 0.0735. The molecule has 1 saturated carbocycles. The molecule has 2 N–H and O–H groups in total. The molecule has 1 aromatic carbocycles. The number of rotatable bonds is 8. The fourth-order valence-corrected chi connectivity index (χ4v) is 3.33. The van der Waals surface area contributed by atoms with Gasteiger partial charge in [-0.25, -0.2) is 4.79 Å². The first-order valence-corrected chi connectivity index (χ1v) is 9.05. The van der Waals surface area contributed by atoms with Crippen molar-refractivity contribution in [2.75, 3.05) is 19.7 Å². The van der Waals surface area contributed by atoms with Gasteiger partial charge in [-0.2, -0.15) is 0 Å². The highest BCUT2D eigenvalue weighted by atomic mass is 16.5. The molecule has 0 saturated heterocycles. The molecule has 1 fully saturated rings. The van der Waals surface area contributed by atoms with Gasteiger partial charge in [0.2, 0.25) is 0 Å². The van der Waals surface area contributed by atoms with Crippen molar-refractivity contribution in [3.63, 3.8) is 0 Å². The van der Waals surface area contributed by atoms with Crippen LogP contribution < -0.4 is 10.6 Å². The molecule has 0 spiro atoms. The monoisotopic (exact) mass is 344 g/mol. The molecule has 0 unspecified atom stereocenters. The van der Waals surface area contributed by atoms with Crippen LogP contribution in [0.25, 0.3) is 0 Å². The van der Waals surface area contributed by atoms with E-state index in [0.717, 1.165) is 12.8 Å². The topological polar surface area (TPSA) is 67.4 Å². The Labute approximate surface area is 149 Å². The number of carbonyl (C=O) groups is 2. The summed E-state index contributed by atoms with van der Waals surface area (Å²) in [5.74, 6) is 0.657. The quantitative estimate of drug-likeness (QED) is 0.709. The first-order chi connectivity index (χ1) is 12.2. The van der Waals surface area contributed by atoms with E-state index >= 15 is 0 Å². The average molecular weight is 344 g/mol. The summed E-state index contributed by atoms with van der Waals surface area (Å²) in [5, 5.41) is 5.83. The van der Waals surface area contributed by atoms with Crippen LogP contribution in [0.1, 0.15) is 42.5 Å². The molecule has 5 heteroatoms. The summed E-state index contributed by atoms with van der Waals surface area (Å²) in [7, 11) is 0. The predicted octanol–water partition coefficient (Wildman–Crippen LogP) is 3.53. The number of ether oxygens (including phenoxy) is 1. The molecule has 0 bridgehead atoms. The zero-order chi connectivity index (χ0) is 17.9. The van der Waals surface area contributed by atoms with E-state index in [4.69, 9.17) is 4.74 Å². The molecule has 1 aliphatic rings. The third-order valence-corrected chi connectivity index (χ3v) is 4.72. The van der Waals surface area contributed by atoms with Crippen molar-refractivity contribution in [2.45, 2.75) is 32.1 Å². The summed E-state index contributed by atoms with van der Waals surface area (Å²) in [6.07, 6.45) is 7.11. The van der Waals surface area contributed by atoms with Crippen LogP contribution in [0.2, 0.25) is 0 Å². The molecule has 0 radical (unpaired) electrons. The predicted molar refractivity (Wildman–Crippen MR) is 98.4 cm³/mol. The Balaban J connectivity index is 1.88. The summed E-state index contributed by atoms with van der Waals surface area (Å²) in [6, 6.07) is 9.20. The number of hydrogen-bond donors (Lipinski definition) is 2. The van der Waals surface area contributed by atoms with Crippen molar-refractivity contribution in [1.82, 2.24) is 10.6 Å². The van der Waals surface area contributed by atoms with Crippen LogP contribution in [0.15, 0.2) is 43.0 Å². The fraction of sp³-hybridized carbons (Fsp3) is 0.500. The standard InChI is InChI=1S/C20H28N2O3/c1-2-13-25-20(24)22-15-18(16-9-5-3-6-10-16)14-21-19(23)17-11-7-4-8-12-17/h2,4,7-8,11-12,16,18H,1,3,5-6,9-10,13-15H2,(H,21,23)(H,22,24)/t18-/m1/s1. The van der Waals surface area contributed by atoms with Gasteiger partial charge in [0.05, 0.1) is 0 Å². The van der Waals surface area contributed by atoms with E-state index in [-0.39, 0.29) is 18.4 Å². The van der Waals surface area contributed by atoms with E-state index in [0.29, 0.717) is 24.6 Å². The van der Waals surface area contributed by atoms with E-state index < -0.39 is 6.09 Å². The molecule has 136 valence electrons. The summed E-state index contributed by atoms with van der Waals surface area (Å²) in [4.78, 5) is 24.0. The molecule has 0 aromatic heterocycles. The maximum absolute atomic E-state index is 12.3. The van der Waals surface area contributed by atoms with Crippen LogP contribution in [0.3, 0.4) is 0 Å². The second-order valence-corrected chi connectivity index (χ2v) is 6.50. The normalized spacial score (nSPS) is 15.8. The van der Waals surface area contributed by atoms with Crippen molar-refractivity contribution in [1.29, 1.82) is 0 Å². The smallest absolute Gasteiger partial charge is 0.407 e. The highest BCUT2D eigenvalue weighted by Crippen LogP contribution is 2.29. The lowest BCUT2D eigenvalue weighted by atomic mass is 9.80. The Morgan fingerprint density at radius 2 is 1.80 bits per heavy atom. The molecule has 2 amide bonds. The molecule has 0 aliphatic heterocycles. The Hall–Kier alpha value is -2.30. The Bertz CT molecular complexity index is 553. The molecule has 1 aromatic rings. The largest absolute Gasteiger partial charge is 0.445 e. The van der Waals surface area contributed by atoms with Gasteiger partial charge in [-0.05, 0) is 24.0 Å². The summed E-state index contributed by atoms with van der Waals surface area (Å²) in [6.45, 7) is 4.79. The number of carbonyl (C=O) groups excluding carboxylic acids is 2. The van der Waals surface area contributed by atoms with Gasteiger partial charge in [0.25, 0.3) is 5.91 Å². The highest BCUT2D eigenvalue weighted by molar-refractivity contribution is 5.94. The van der Waals surface area contributed by atoms with Gasteiger partial charge in [-0.1, -0.05) is 63.0 Å². The second-order valence-electron chi connectivity index (χ2n) is 6.50. The van der Waals surface area contributed by atoms with Gasteiger partial charge >= 0.3 is 6.09 Å². The fourth-order valence-electron chi connectivity index (χ4n) is 3.33. The lowest BCUT2D eigenvalue weighted by Gasteiger charge is -2.30. The molecule has 5 nitrogen and oxygen atoms in total. The first-order valence-electron chi connectivity index (χ1n) is 9.05. The lowest BCUT2D eigenvalue weighted by Crippen LogP contribution is -2.40. The van der Waals surface area contributed by atoms with Crippen molar-refractivity contribution >= 4 is 12.0 Å². The molecule has 0 heterocycles. The van der Waals surface area contributed by atoms with E-state index in [1.165, 1.54) is 25.3 Å². The number of alkyl carbamates (subject to hydrolysis) is 1. The Morgan fingerprint density at radius 3 is 2.48 bits per heavy atom. The summed E-state index contributed by atoms with van der Waals surface area (Å²) < 4.78 is 4.97. The van der Waals surface area contributed by atoms with E-state index in [1.807, 2.05) is 18.2 Å². The van der Waals surface area contributed by atoms with Gasteiger partial charge in [-0.15, -0.1) is 0 Å². The van der Waals surface area contributed by atoms with Gasteiger partial charge in [0.1, 0.15) is 6.61 Å². The van der Waals surface area contributed by atoms with E-state index in [9.17, 15) is 9.59 Å². The average Bonchev–Trinajstić information content (AvgIpc) is 2.67. The van der Waals surface area contributed by atoms with Gasteiger partial charge < -0.3 is 15.4 Å². The number of benzene rings is 1. The van der Waals surface area contributed by atoms with Crippen LogP contribution >= 0.6 is 0 Å². The van der Waals surface area contributed by atoms with Crippen LogP contribution in [0.5, 0.6) is 0 Å². The summed E-state index contributed by atoms with van der Waals surface area (Å²) in [5.41, 5.74) is 0.656. The number of nitrogens with one attached hydrogen (secondary N) is 2. The number of hydrogen-bond acceptors (Lipinski definition) is 3. The van der Waals surface area contributed by atoms with Crippen molar-refractivity contribution < 1.29 is 14.3 Å². The van der Waals surface area contributed by atoms with Gasteiger partial charge in [0, 0.05) is 18.7 Å².